The summed E-state index contributed by atoms with van der Waals surface area (Å²) in [4.78, 5) is 13.9. The summed E-state index contributed by atoms with van der Waals surface area (Å²) in [5, 5.41) is 2.64. The molecule has 1 fully saturated rings. The molecular formula is C13H18N2O. The highest BCUT2D eigenvalue weighted by atomic mass is 16.1. The minimum Gasteiger partial charge on any atom is -0.371 e. The molecule has 1 amide bonds. The van der Waals surface area contributed by atoms with E-state index in [1.807, 2.05) is 12.1 Å². The van der Waals surface area contributed by atoms with Crippen molar-refractivity contribution in [1.29, 1.82) is 0 Å². The largest absolute Gasteiger partial charge is 0.371 e. The van der Waals surface area contributed by atoms with Crippen LogP contribution in [-0.2, 0) is 0 Å². The molecule has 1 N–H and O–H groups in total. The number of nitrogens with zero attached hydrogens (tertiary/aromatic N) is 1. The predicted octanol–water partition coefficient (Wildman–Crippen LogP) is 1.95. The number of carbonyl (C=O) groups is 1. The second-order valence-corrected chi connectivity index (χ2v) is 4.27. The lowest BCUT2D eigenvalue weighted by atomic mass is 10.1. The lowest BCUT2D eigenvalue weighted by Crippen LogP contribution is -2.20. The van der Waals surface area contributed by atoms with Gasteiger partial charge in [-0.25, -0.2) is 0 Å². The number of amides is 1. The van der Waals surface area contributed by atoms with Gasteiger partial charge in [-0.3, -0.25) is 4.79 Å². The number of aryl methyl sites for hydroxylation is 1. The van der Waals surface area contributed by atoms with Crippen molar-refractivity contribution >= 4 is 11.6 Å². The molecule has 0 radical (unpaired) electrons. The lowest BCUT2D eigenvalue weighted by molar-refractivity contribution is 0.0963. The number of carbonyl (C=O) groups excluding carboxylic acids is 1. The van der Waals surface area contributed by atoms with Gasteiger partial charge in [-0.2, -0.15) is 0 Å². The van der Waals surface area contributed by atoms with E-state index < -0.39 is 0 Å². The maximum atomic E-state index is 11.5. The van der Waals surface area contributed by atoms with Crippen LogP contribution >= 0.6 is 0 Å². The Morgan fingerprint density at radius 3 is 2.56 bits per heavy atom. The van der Waals surface area contributed by atoms with Gasteiger partial charge in [0, 0.05) is 31.4 Å². The first-order chi connectivity index (χ1) is 7.72. The molecule has 2 rings (SSSR count). The zero-order valence-electron chi connectivity index (χ0n) is 9.92. The molecule has 1 aliphatic rings. The zero-order chi connectivity index (χ0) is 11.5. The molecule has 0 aromatic heterocycles. The number of benzene rings is 1. The fourth-order valence-electron chi connectivity index (χ4n) is 2.25. The maximum Gasteiger partial charge on any atom is 0.251 e. The van der Waals surface area contributed by atoms with Crippen molar-refractivity contribution < 1.29 is 4.79 Å². The van der Waals surface area contributed by atoms with E-state index in [0.717, 1.165) is 18.7 Å². The summed E-state index contributed by atoms with van der Waals surface area (Å²) < 4.78 is 0. The molecule has 3 heteroatoms. The van der Waals surface area contributed by atoms with Gasteiger partial charge in [0.1, 0.15) is 0 Å². The molecule has 1 heterocycles. The first-order valence-corrected chi connectivity index (χ1v) is 5.80. The first kappa shape index (κ1) is 11.0. The van der Waals surface area contributed by atoms with Crippen LogP contribution in [0.4, 0.5) is 5.69 Å². The van der Waals surface area contributed by atoms with Gasteiger partial charge in [0.2, 0.25) is 0 Å². The molecule has 1 aromatic rings. The average molecular weight is 218 g/mol. The number of rotatable bonds is 2. The van der Waals surface area contributed by atoms with Crippen molar-refractivity contribution in [1.82, 2.24) is 5.32 Å². The summed E-state index contributed by atoms with van der Waals surface area (Å²) in [5.41, 5.74) is 3.19. The van der Waals surface area contributed by atoms with E-state index in [0.29, 0.717) is 0 Å². The van der Waals surface area contributed by atoms with Gasteiger partial charge in [0.05, 0.1) is 0 Å². The van der Waals surface area contributed by atoms with Crippen molar-refractivity contribution in [3.8, 4) is 0 Å². The van der Waals surface area contributed by atoms with Crippen LogP contribution in [0.25, 0.3) is 0 Å². The Kier molecular flexibility index (Phi) is 3.13. The topological polar surface area (TPSA) is 32.3 Å². The van der Waals surface area contributed by atoms with Crippen LogP contribution in [-0.4, -0.2) is 26.0 Å². The fraction of sp³-hybridized carbons (Fsp3) is 0.462. The molecule has 0 unspecified atom stereocenters. The van der Waals surface area contributed by atoms with Gasteiger partial charge in [0.15, 0.2) is 0 Å². The third-order valence-electron chi connectivity index (χ3n) is 3.13. The summed E-state index contributed by atoms with van der Waals surface area (Å²) in [6, 6.07) is 5.93. The van der Waals surface area contributed by atoms with Crippen molar-refractivity contribution in [2.24, 2.45) is 0 Å². The molecule has 1 aromatic carbocycles. The molecule has 86 valence electrons. The number of nitrogens with one attached hydrogen (secondary N) is 1. The Morgan fingerprint density at radius 2 is 2.00 bits per heavy atom. The van der Waals surface area contributed by atoms with Gasteiger partial charge >= 0.3 is 0 Å². The second-order valence-electron chi connectivity index (χ2n) is 4.27. The molecule has 1 saturated heterocycles. The Hall–Kier alpha value is -1.51. The Labute approximate surface area is 96.5 Å². The van der Waals surface area contributed by atoms with E-state index in [2.05, 4.69) is 23.2 Å². The molecule has 0 saturated carbocycles. The monoisotopic (exact) mass is 218 g/mol. The average Bonchev–Trinajstić information content (AvgIpc) is 2.81. The van der Waals surface area contributed by atoms with E-state index in [4.69, 9.17) is 0 Å². The van der Waals surface area contributed by atoms with Crippen LogP contribution in [0.3, 0.4) is 0 Å². The van der Waals surface area contributed by atoms with Crippen LogP contribution < -0.4 is 10.2 Å². The highest BCUT2D eigenvalue weighted by Crippen LogP contribution is 2.24. The number of hydrogen-bond donors (Lipinski definition) is 1. The van der Waals surface area contributed by atoms with Crippen molar-refractivity contribution in [3.05, 3.63) is 29.3 Å². The van der Waals surface area contributed by atoms with E-state index in [1.165, 1.54) is 24.1 Å². The molecule has 0 atom stereocenters. The zero-order valence-corrected chi connectivity index (χ0v) is 9.92. The van der Waals surface area contributed by atoms with Gasteiger partial charge in [-0.05, 0) is 43.5 Å². The quantitative estimate of drug-likeness (QED) is 0.823. The van der Waals surface area contributed by atoms with E-state index in [1.54, 1.807) is 7.05 Å². The SMILES string of the molecule is CNC(=O)c1ccc(N2CCCC2)c(C)c1. The summed E-state index contributed by atoms with van der Waals surface area (Å²) in [6.07, 6.45) is 2.55. The molecule has 0 aliphatic carbocycles. The number of hydrogen-bond acceptors (Lipinski definition) is 2. The summed E-state index contributed by atoms with van der Waals surface area (Å²) >= 11 is 0. The van der Waals surface area contributed by atoms with E-state index >= 15 is 0 Å². The van der Waals surface area contributed by atoms with Gasteiger partial charge in [-0.1, -0.05) is 0 Å². The molecule has 3 nitrogen and oxygen atoms in total. The van der Waals surface area contributed by atoms with Crippen LogP contribution in [0.1, 0.15) is 28.8 Å². The smallest absolute Gasteiger partial charge is 0.251 e. The number of anilines is 1. The summed E-state index contributed by atoms with van der Waals surface area (Å²) in [6.45, 7) is 4.35. The minimum atomic E-state index is -0.0175. The fourth-order valence-corrected chi connectivity index (χ4v) is 2.25. The summed E-state index contributed by atoms with van der Waals surface area (Å²) in [7, 11) is 1.66. The van der Waals surface area contributed by atoms with Gasteiger partial charge in [0.25, 0.3) is 5.91 Å². The van der Waals surface area contributed by atoms with E-state index in [9.17, 15) is 4.79 Å². The van der Waals surface area contributed by atoms with Crippen LogP contribution in [0.2, 0.25) is 0 Å². The predicted molar refractivity (Wildman–Crippen MR) is 66.0 cm³/mol. The highest BCUT2D eigenvalue weighted by molar-refractivity contribution is 5.94. The molecule has 1 aliphatic heterocycles. The second kappa shape index (κ2) is 4.56. The molecule has 0 spiro atoms. The lowest BCUT2D eigenvalue weighted by Gasteiger charge is -2.20. The van der Waals surface area contributed by atoms with Crippen molar-refractivity contribution in [2.75, 3.05) is 25.0 Å². The Balaban J connectivity index is 2.25. The normalized spacial score (nSPS) is 15.2. The standard InChI is InChI=1S/C13H18N2O/c1-10-9-11(13(16)14-2)5-6-12(10)15-7-3-4-8-15/h5-6,9H,3-4,7-8H2,1-2H3,(H,14,16). The first-order valence-electron chi connectivity index (χ1n) is 5.80. The maximum absolute atomic E-state index is 11.5. The van der Waals surface area contributed by atoms with Crippen LogP contribution in [0, 0.1) is 6.92 Å². The molecule has 16 heavy (non-hydrogen) atoms. The van der Waals surface area contributed by atoms with Gasteiger partial charge < -0.3 is 10.2 Å². The third kappa shape index (κ3) is 2.03. The summed E-state index contributed by atoms with van der Waals surface area (Å²) in [5.74, 6) is -0.0175. The Morgan fingerprint density at radius 1 is 1.31 bits per heavy atom. The van der Waals surface area contributed by atoms with Crippen molar-refractivity contribution in [3.63, 3.8) is 0 Å². The minimum absolute atomic E-state index is 0.0175. The van der Waals surface area contributed by atoms with Gasteiger partial charge in [-0.15, -0.1) is 0 Å². The molecule has 0 bridgehead atoms. The highest BCUT2D eigenvalue weighted by Gasteiger charge is 2.15. The third-order valence-corrected chi connectivity index (χ3v) is 3.13. The van der Waals surface area contributed by atoms with Crippen molar-refractivity contribution in [2.45, 2.75) is 19.8 Å². The molecular weight excluding hydrogens is 200 g/mol. The van der Waals surface area contributed by atoms with Crippen LogP contribution in [0.5, 0.6) is 0 Å². The Bertz CT molecular complexity index is 395. The van der Waals surface area contributed by atoms with E-state index in [-0.39, 0.29) is 5.91 Å². The van der Waals surface area contributed by atoms with Crippen LogP contribution in [0.15, 0.2) is 18.2 Å².